The molecule has 2 nitrogen and oxygen atoms in total. The summed E-state index contributed by atoms with van der Waals surface area (Å²) in [6, 6.07) is 10.3. The van der Waals surface area contributed by atoms with Crippen LogP contribution in [0.1, 0.15) is 0 Å². The van der Waals surface area contributed by atoms with Crippen LogP contribution in [0.5, 0.6) is 0 Å². The van der Waals surface area contributed by atoms with E-state index in [2.05, 4.69) is 35.3 Å². The van der Waals surface area contributed by atoms with Crippen LogP contribution in [0.25, 0.3) is 0 Å². The molecule has 0 aliphatic heterocycles. The van der Waals surface area contributed by atoms with E-state index in [1.165, 1.54) is 5.69 Å². The third-order valence-corrected chi connectivity index (χ3v) is 1.38. The molecule has 0 aliphatic carbocycles. The Labute approximate surface area is 61.1 Å². The van der Waals surface area contributed by atoms with Crippen molar-refractivity contribution in [1.29, 1.82) is 0 Å². The third kappa shape index (κ3) is 2.17. The average Bonchev–Trinajstić information content (AvgIpc) is 2.03. The van der Waals surface area contributed by atoms with Crippen molar-refractivity contribution in [3.8, 4) is 0 Å². The highest BCUT2D eigenvalue weighted by Gasteiger charge is 1.91. The van der Waals surface area contributed by atoms with Crippen molar-refractivity contribution >= 4 is 5.69 Å². The summed E-state index contributed by atoms with van der Waals surface area (Å²) in [5.74, 6) is 0. The molecule has 0 unspecified atom stereocenters. The maximum absolute atomic E-state index is 3.77. The van der Waals surface area contributed by atoms with Gasteiger partial charge < -0.3 is 11.1 Å². The second-order valence-electron chi connectivity index (χ2n) is 2.26. The van der Waals surface area contributed by atoms with Gasteiger partial charge in [-0.05, 0) is 12.1 Å². The van der Waals surface area contributed by atoms with Crippen LogP contribution < -0.4 is 11.1 Å². The molecule has 0 bridgehead atoms. The van der Waals surface area contributed by atoms with Crippen LogP contribution in [0.4, 0.5) is 5.69 Å². The quantitative estimate of drug-likeness (QED) is 0.510. The Balaban J connectivity index is 2.43. The summed E-state index contributed by atoms with van der Waals surface area (Å²) in [6.45, 7) is 2.05. The molecule has 5 N–H and O–H groups in total. The lowest BCUT2D eigenvalue weighted by molar-refractivity contribution is -0.596. The predicted molar refractivity (Wildman–Crippen MR) is 40.6 cm³/mol. The van der Waals surface area contributed by atoms with Gasteiger partial charge in [0.1, 0.15) is 18.8 Å². The second kappa shape index (κ2) is 4.04. The maximum atomic E-state index is 3.77. The van der Waals surface area contributed by atoms with E-state index in [9.17, 15) is 0 Å². The van der Waals surface area contributed by atoms with E-state index < -0.39 is 0 Å². The largest absolute Gasteiger partial charge is 0.353 e. The lowest BCUT2D eigenvalue weighted by Crippen LogP contribution is -2.82. The molecular formula is C8H14N2+2. The van der Waals surface area contributed by atoms with E-state index in [-0.39, 0.29) is 0 Å². The van der Waals surface area contributed by atoms with E-state index in [0.29, 0.717) is 0 Å². The molecule has 1 aromatic carbocycles. The van der Waals surface area contributed by atoms with E-state index in [0.717, 1.165) is 13.1 Å². The zero-order chi connectivity index (χ0) is 7.23. The van der Waals surface area contributed by atoms with Gasteiger partial charge in [-0.3, -0.25) is 0 Å². The summed E-state index contributed by atoms with van der Waals surface area (Å²) in [6.07, 6.45) is 0. The SMILES string of the molecule is [NH3+]CC[NH2+]c1ccccc1. The topological polar surface area (TPSA) is 44.2 Å². The van der Waals surface area contributed by atoms with Crippen molar-refractivity contribution in [1.82, 2.24) is 0 Å². The van der Waals surface area contributed by atoms with Crippen LogP contribution in [-0.2, 0) is 0 Å². The van der Waals surface area contributed by atoms with Gasteiger partial charge in [0, 0.05) is 0 Å². The van der Waals surface area contributed by atoms with Crippen molar-refractivity contribution in [3.05, 3.63) is 30.3 Å². The van der Waals surface area contributed by atoms with Gasteiger partial charge in [-0.1, -0.05) is 18.2 Å². The van der Waals surface area contributed by atoms with Gasteiger partial charge in [-0.2, -0.15) is 0 Å². The van der Waals surface area contributed by atoms with Crippen LogP contribution in [0.15, 0.2) is 30.3 Å². The summed E-state index contributed by atoms with van der Waals surface area (Å²) < 4.78 is 0. The number of para-hydroxylation sites is 1. The van der Waals surface area contributed by atoms with Gasteiger partial charge in [0.05, 0.1) is 0 Å². The molecule has 0 aromatic heterocycles. The van der Waals surface area contributed by atoms with Crippen LogP contribution in [-0.4, -0.2) is 13.1 Å². The average molecular weight is 138 g/mol. The Morgan fingerprint density at radius 2 is 1.90 bits per heavy atom. The van der Waals surface area contributed by atoms with Gasteiger partial charge in [0.25, 0.3) is 0 Å². The first kappa shape index (κ1) is 7.25. The van der Waals surface area contributed by atoms with Crippen molar-refractivity contribution in [3.63, 3.8) is 0 Å². The fraction of sp³-hybridized carbons (Fsp3) is 0.250. The Morgan fingerprint density at radius 3 is 2.50 bits per heavy atom. The van der Waals surface area contributed by atoms with Gasteiger partial charge in [-0.25, -0.2) is 0 Å². The molecule has 10 heavy (non-hydrogen) atoms. The van der Waals surface area contributed by atoms with E-state index in [1.54, 1.807) is 0 Å². The molecule has 2 heteroatoms. The molecule has 0 saturated carbocycles. The number of nitrogens with two attached hydrogens (primary N) is 1. The van der Waals surface area contributed by atoms with Crippen molar-refractivity contribution in [2.75, 3.05) is 13.1 Å². The molecule has 1 rings (SSSR count). The minimum atomic E-state index is 0.981. The Hall–Kier alpha value is -0.860. The highest BCUT2D eigenvalue weighted by Crippen LogP contribution is 1.94. The van der Waals surface area contributed by atoms with Crippen molar-refractivity contribution in [2.24, 2.45) is 0 Å². The Kier molecular flexibility index (Phi) is 2.93. The number of quaternary nitrogens is 2. The molecule has 0 aliphatic rings. The number of rotatable bonds is 3. The molecular weight excluding hydrogens is 124 g/mol. The monoisotopic (exact) mass is 138 g/mol. The van der Waals surface area contributed by atoms with E-state index in [4.69, 9.17) is 0 Å². The minimum absolute atomic E-state index is 0.981. The summed E-state index contributed by atoms with van der Waals surface area (Å²) in [7, 11) is 0. The van der Waals surface area contributed by atoms with Gasteiger partial charge in [0.2, 0.25) is 0 Å². The normalized spacial score (nSPS) is 9.70. The summed E-state index contributed by atoms with van der Waals surface area (Å²) >= 11 is 0. The van der Waals surface area contributed by atoms with E-state index >= 15 is 0 Å². The van der Waals surface area contributed by atoms with Crippen molar-refractivity contribution < 1.29 is 11.1 Å². The lowest BCUT2D eigenvalue weighted by Gasteiger charge is -1.94. The third-order valence-electron chi connectivity index (χ3n) is 1.38. The molecule has 1 aromatic rings. The lowest BCUT2D eigenvalue weighted by atomic mass is 10.3. The van der Waals surface area contributed by atoms with Crippen LogP contribution in [0.2, 0.25) is 0 Å². The highest BCUT2D eigenvalue weighted by molar-refractivity contribution is 5.26. The zero-order valence-corrected chi connectivity index (χ0v) is 6.09. The molecule has 0 amide bonds. The van der Waals surface area contributed by atoms with Gasteiger partial charge in [-0.15, -0.1) is 0 Å². The van der Waals surface area contributed by atoms with Gasteiger partial charge in [0.15, 0.2) is 0 Å². The first-order valence-corrected chi connectivity index (χ1v) is 3.61. The maximum Gasteiger partial charge on any atom is 0.130 e. The smallest absolute Gasteiger partial charge is 0.130 e. The summed E-state index contributed by atoms with van der Waals surface area (Å²) in [4.78, 5) is 0. The van der Waals surface area contributed by atoms with E-state index in [1.807, 2.05) is 6.07 Å². The molecule has 0 heterocycles. The van der Waals surface area contributed by atoms with Gasteiger partial charge >= 0.3 is 0 Å². The minimum Gasteiger partial charge on any atom is -0.353 e. The number of hydrogen-bond donors (Lipinski definition) is 2. The van der Waals surface area contributed by atoms with Crippen LogP contribution >= 0.6 is 0 Å². The first-order valence-electron chi connectivity index (χ1n) is 3.61. The molecule has 0 atom stereocenters. The fourth-order valence-electron chi connectivity index (χ4n) is 0.858. The second-order valence-corrected chi connectivity index (χ2v) is 2.26. The summed E-state index contributed by atoms with van der Waals surface area (Å²) in [5.41, 5.74) is 5.07. The number of benzene rings is 1. The molecule has 0 fully saturated rings. The zero-order valence-electron chi connectivity index (χ0n) is 6.09. The van der Waals surface area contributed by atoms with Crippen molar-refractivity contribution in [2.45, 2.75) is 0 Å². The molecule has 0 saturated heterocycles. The predicted octanol–water partition coefficient (Wildman–Crippen LogP) is -0.877. The standard InChI is InChI=1S/C8H12N2/c9-6-7-10-8-4-2-1-3-5-8/h1-5,10H,6-7,9H2/p+2. The molecule has 0 spiro atoms. The molecule has 54 valence electrons. The fourth-order valence-corrected chi connectivity index (χ4v) is 0.858. The van der Waals surface area contributed by atoms with Crippen LogP contribution in [0, 0.1) is 0 Å². The van der Waals surface area contributed by atoms with Crippen LogP contribution in [0.3, 0.4) is 0 Å². The first-order chi connectivity index (χ1) is 4.93. The Bertz CT molecular complexity index is 172. The summed E-state index contributed by atoms with van der Waals surface area (Å²) in [5, 5.41) is 2.20. The molecule has 0 radical (unpaired) electrons. The highest BCUT2D eigenvalue weighted by atomic mass is 14.9. The Morgan fingerprint density at radius 1 is 1.20 bits per heavy atom. The number of hydrogen-bond acceptors (Lipinski definition) is 0.